The highest BCUT2D eigenvalue weighted by atomic mass is 127. The van der Waals surface area contributed by atoms with Gasteiger partial charge in [-0.05, 0) is 20.8 Å². The summed E-state index contributed by atoms with van der Waals surface area (Å²) in [6.45, 7) is 13.4. The fourth-order valence-electron chi connectivity index (χ4n) is 1.90. The van der Waals surface area contributed by atoms with Crippen molar-refractivity contribution in [1.29, 1.82) is 0 Å². The lowest BCUT2D eigenvalue weighted by molar-refractivity contribution is -0.128. The average Bonchev–Trinajstić information content (AvgIpc) is 2.96. The lowest BCUT2D eigenvalue weighted by Crippen LogP contribution is -2.47. The molecule has 1 heterocycles. The number of nitrogens with zero attached hydrogens (tertiary/aromatic N) is 2. The Bertz CT molecular complexity index is 576. The fourth-order valence-corrected chi connectivity index (χ4v) is 1.90. The van der Waals surface area contributed by atoms with Gasteiger partial charge in [0.1, 0.15) is 5.76 Å². The number of amides is 1. The monoisotopic (exact) mass is 465 g/mol. The number of nitrogens with one attached hydrogen (secondary N) is 3. The second-order valence-corrected chi connectivity index (χ2v) is 7.39. The molecular weight excluding hydrogens is 433 g/mol. The third-order valence-electron chi connectivity index (χ3n) is 3.57. The van der Waals surface area contributed by atoms with Crippen LogP contribution in [0.4, 0.5) is 0 Å². The first kappa shape index (κ1) is 23.7. The third kappa shape index (κ3) is 7.62. The van der Waals surface area contributed by atoms with E-state index in [0.29, 0.717) is 31.5 Å². The molecule has 0 atom stereocenters. The van der Waals surface area contributed by atoms with E-state index in [1.165, 1.54) is 0 Å². The first-order valence-electron chi connectivity index (χ1n) is 8.28. The first-order valence-corrected chi connectivity index (χ1v) is 8.28. The highest BCUT2D eigenvalue weighted by Gasteiger charge is 2.27. The number of aromatic nitrogens is 1. The molecule has 0 spiro atoms. The van der Waals surface area contributed by atoms with E-state index in [-0.39, 0.29) is 35.3 Å². The summed E-state index contributed by atoms with van der Waals surface area (Å²) in [6.07, 6.45) is 1.76. The lowest BCUT2D eigenvalue weighted by Gasteiger charge is -2.24. The van der Waals surface area contributed by atoms with Crippen molar-refractivity contribution >= 4 is 35.8 Å². The molecule has 1 amide bonds. The summed E-state index contributed by atoms with van der Waals surface area (Å²) in [4.78, 5) is 20.4. The number of carbonyl (C=O) groups excluding carboxylic acids is 1. The van der Waals surface area contributed by atoms with Crippen molar-refractivity contribution in [1.82, 2.24) is 20.9 Å². The molecule has 0 bridgehead atoms. The van der Waals surface area contributed by atoms with Crippen molar-refractivity contribution in [3.63, 3.8) is 0 Å². The van der Waals surface area contributed by atoms with E-state index in [9.17, 15) is 4.79 Å². The van der Waals surface area contributed by atoms with Gasteiger partial charge in [0.15, 0.2) is 5.96 Å². The molecule has 1 rings (SSSR count). The van der Waals surface area contributed by atoms with Crippen molar-refractivity contribution in [2.24, 2.45) is 10.4 Å². The molecular formula is C17H32IN5O2. The molecule has 3 N–H and O–H groups in total. The Morgan fingerprint density at radius 3 is 2.32 bits per heavy atom. The Morgan fingerprint density at radius 2 is 1.84 bits per heavy atom. The average molecular weight is 465 g/mol. The molecule has 0 aliphatic heterocycles. The molecule has 0 saturated carbocycles. The molecule has 1 aromatic heterocycles. The number of hydrogen-bond acceptors (Lipinski definition) is 4. The van der Waals surface area contributed by atoms with Gasteiger partial charge in [0.2, 0.25) is 11.8 Å². The molecule has 0 unspecified atom stereocenters. The number of carbonyl (C=O) groups is 1. The first-order chi connectivity index (χ1) is 11.1. The normalized spacial score (nSPS) is 12.4. The molecule has 0 fully saturated rings. The SMILES string of the molecule is CCNC(=O)C(C)(C)CNC(=NC)NCc1ncc(C(C)(C)C)o1.I. The van der Waals surface area contributed by atoms with Crippen LogP contribution >= 0.6 is 24.0 Å². The van der Waals surface area contributed by atoms with Gasteiger partial charge in [-0.25, -0.2) is 4.98 Å². The van der Waals surface area contributed by atoms with E-state index in [1.807, 2.05) is 20.8 Å². The van der Waals surface area contributed by atoms with Crippen LogP contribution in [0.15, 0.2) is 15.6 Å². The highest BCUT2D eigenvalue weighted by molar-refractivity contribution is 14.0. The van der Waals surface area contributed by atoms with Gasteiger partial charge in [0.05, 0.1) is 18.2 Å². The predicted molar refractivity (Wildman–Crippen MR) is 111 cm³/mol. The van der Waals surface area contributed by atoms with E-state index in [0.717, 1.165) is 5.76 Å². The van der Waals surface area contributed by atoms with Crippen molar-refractivity contribution in [2.75, 3.05) is 20.1 Å². The second-order valence-electron chi connectivity index (χ2n) is 7.39. The van der Waals surface area contributed by atoms with Crippen LogP contribution in [0.2, 0.25) is 0 Å². The summed E-state index contributed by atoms with van der Waals surface area (Å²) in [7, 11) is 1.69. The number of aliphatic imine (C=N–C) groups is 1. The van der Waals surface area contributed by atoms with E-state index in [4.69, 9.17) is 4.42 Å². The molecule has 144 valence electrons. The summed E-state index contributed by atoms with van der Waals surface area (Å²) in [5.74, 6) is 2.06. The zero-order chi connectivity index (χ0) is 18.4. The van der Waals surface area contributed by atoms with Gasteiger partial charge in [-0.1, -0.05) is 20.8 Å². The van der Waals surface area contributed by atoms with Crippen molar-refractivity contribution in [3.05, 3.63) is 17.8 Å². The Morgan fingerprint density at radius 1 is 1.20 bits per heavy atom. The Balaban J connectivity index is 0.00000576. The maximum absolute atomic E-state index is 12.0. The van der Waals surface area contributed by atoms with Crippen LogP contribution in [-0.2, 0) is 16.8 Å². The van der Waals surface area contributed by atoms with Crippen LogP contribution in [0, 0.1) is 5.41 Å². The van der Waals surface area contributed by atoms with E-state index in [2.05, 4.69) is 46.7 Å². The van der Waals surface area contributed by atoms with Crippen molar-refractivity contribution in [2.45, 2.75) is 53.5 Å². The number of guanidine groups is 1. The molecule has 0 saturated heterocycles. The molecule has 0 aromatic carbocycles. The van der Waals surface area contributed by atoms with Crippen LogP contribution in [0.25, 0.3) is 0 Å². The number of halogens is 1. The number of hydrogen-bond donors (Lipinski definition) is 3. The zero-order valence-electron chi connectivity index (χ0n) is 16.3. The second kappa shape index (κ2) is 9.98. The van der Waals surface area contributed by atoms with Gasteiger partial charge in [-0.2, -0.15) is 0 Å². The minimum Gasteiger partial charge on any atom is -0.443 e. The molecule has 0 aliphatic carbocycles. The quantitative estimate of drug-likeness (QED) is 0.341. The van der Waals surface area contributed by atoms with E-state index < -0.39 is 5.41 Å². The molecule has 25 heavy (non-hydrogen) atoms. The Labute approximate surface area is 167 Å². The standard InChI is InChI=1S/C17H31N5O2.HI/c1-8-19-14(23)17(5,6)11-22-15(18-7)21-10-13-20-9-12(24-13)16(2,3)4;/h9H,8,10-11H2,1-7H3,(H,19,23)(H2,18,21,22);1H. The molecule has 7 nitrogen and oxygen atoms in total. The fraction of sp³-hybridized carbons (Fsp3) is 0.706. The van der Waals surface area contributed by atoms with Gasteiger partial charge in [-0.3, -0.25) is 9.79 Å². The predicted octanol–water partition coefficient (Wildman–Crippen LogP) is 2.42. The van der Waals surface area contributed by atoms with Crippen LogP contribution in [0.5, 0.6) is 0 Å². The summed E-state index contributed by atoms with van der Waals surface area (Å²) in [5, 5.41) is 9.15. The van der Waals surface area contributed by atoms with Gasteiger partial charge in [0, 0.05) is 25.6 Å². The maximum Gasteiger partial charge on any atom is 0.227 e. The largest absolute Gasteiger partial charge is 0.443 e. The minimum atomic E-state index is -0.532. The summed E-state index contributed by atoms with van der Waals surface area (Å²) in [5.41, 5.74) is -0.599. The molecule has 0 radical (unpaired) electrons. The summed E-state index contributed by atoms with van der Waals surface area (Å²) < 4.78 is 5.74. The molecule has 0 aliphatic rings. The highest BCUT2D eigenvalue weighted by Crippen LogP contribution is 2.22. The minimum absolute atomic E-state index is 0. The topological polar surface area (TPSA) is 91.5 Å². The van der Waals surface area contributed by atoms with Crippen molar-refractivity contribution < 1.29 is 9.21 Å². The Hall–Kier alpha value is -1.32. The van der Waals surface area contributed by atoms with Crippen LogP contribution in [-0.4, -0.2) is 37.0 Å². The maximum atomic E-state index is 12.0. The Kier molecular flexibility index (Phi) is 9.45. The van der Waals surface area contributed by atoms with Gasteiger partial charge >= 0.3 is 0 Å². The number of rotatable bonds is 6. The van der Waals surface area contributed by atoms with E-state index >= 15 is 0 Å². The van der Waals surface area contributed by atoms with Gasteiger partial charge in [0.25, 0.3) is 0 Å². The lowest BCUT2D eigenvalue weighted by atomic mass is 9.92. The van der Waals surface area contributed by atoms with E-state index in [1.54, 1.807) is 13.2 Å². The van der Waals surface area contributed by atoms with Crippen molar-refractivity contribution in [3.8, 4) is 0 Å². The number of oxazole rings is 1. The van der Waals surface area contributed by atoms with Gasteiger partial charge < -0.3 is 20.4 Å². The van der Waals surface area contributed by atoms with Gasteiger partial charge in [-0.15, -0.1) is 24.0 Å². The zero-order valence-corrected chi connectivity index (χ0v) is 18.6. The smallest absolute Gasteiger partial charge is 0.227 e. The van der Waals surface area contributed by atoms with Crippen LogP contribution < -0.4 is 16.0 Å². The summed E-state index contributed by atoms with van der Waals surface area (Å²) >= 11 is 0. The third-order valence-corrected chi connectivity index (χ3v) is 3.57. The van der Waals surface area contributed by atoms with Crippen LogP contribution in [0.1, 0.15) is 53.2 Å². The summed E-state index contributed by atoms with van der Waals surface area (Å²) in [6, 6.07) is 0. The van der Waals surface area contributed by atoms with Crippen LogP contribution in [0.3, 0.4) is 0 Å². The molecule has 8 heteroatoms. The molecule has 1 aromatic rings.